The van der Waals surface area contributed by atoms with Crippen LogP contribution in [0.25, 0.3) is 11.5 Å². The van der Waals surface area contributed by atoms with E-state index in [1.54, 1.807) is 49.6 Å². The molecule has 8 heteroatoms. The molecule has 2 aromatic heterocycles. The first-order chi connectivity index (χ1) is 17.4. The fourth-order valence-corrected chi connectivity index (χ4v) is 4.62. The highest BCUT2D eigenvalue weighted by Crippen LogP contribution is 2.37. The molecule has 36 heavy (non-hydrogen) atoms. The summed E-state index contributed by atoms with van der Waals surface area (Å²) in [6.07, 6.45) is 1.58. The molecule has 0 spiro atoms. The van der Waals surface area contributed by atoms with Gasteiger partial charge in [-0.25, -0.2) is 0 Å². The van der Waals surface area contributed by atoms with Crippen LogP contribution in [0.4, 0.5) is 11.4 Å². The SMILES string of the molecule is CC(=O)Nc1ccc(N2C(=O)c3ccc(-c4ccco4)n3CC2(C)C(=O)NCc2ccccc2)cc1. The number of furan rings is 1. The molecule has 0 saturated heterocycles. The van der Waals surface area contributed by atoms with E-state index in [0.29, 0.717) is 29.4 Å². The molecular formula is C28H26N4O4. The molecule has 1 aliphatic rings. The third kappa shape index (κ3) is 4.17. The number of fused-ring (bicyclic) bond motifs is 1. The monoisotopic (exact) mass is 482 g/mol. The zero-order valence-electron chi connectivity index (χ0n) is 20.0. The quantitative estimate of drug-likeness (QED) is 0.425. The normalized spacial score (nSPS) is 16.9. The molecule has 3 heterocycles. The van der Waals surface area contributed by atoms with Crippen molar-refractivity contribution in [1.29, 1.82) is 0 Å². The fraction of sp³-hybridized carbons (Fsp3) is 0.179. The van der Waals surface area contributed by atoms with Gasteiger partial charge in [-0.05, 0) is 61.0 Å². The highest BCUT2D eigenvalue weighted by Gasteiger charge is 2.48. The van der Waals surface area contributed by atoms with Crippen molar-refractivity contribution in [1.82, 2.24) is 9.88 Å². The predicted molar refractivity (Wildman–Crippen MR) is 136 cm³/mol. The van der Waals surface area contributed by atoms with Crippen molar-refractivity contribution in [2.45, 2.75) is 32.5 Å². The van der Waals surface area contributed by atoms with Gasteiger partial charge in [-0.3, -0.25) is 19.3 Å². The van der Waals surface area contributed by atoms with Crippen LogP contribution in [-0.4, -0.2) is 27.8 Å². The average Bonchev–Trinajstić information content (AvgIpc) is 3.54. The van der Waals surface area contributed by atoms with Crippen LogP contribution < -0.4 is 15.5 Å². The summed E-state index contributed by atoms with van der Waals surface area (Å²) in [5, 5.41) is 5.74. The van der Waals surface area contributed by atoms with Crippen molar-refractivity contribution in [2.24, 2.45) is 0 Å². The Kier molecular flexibility index (Phi) is 5.93. The van der Waals surface area contributed by atoms with Crippen LogP contribution in [0.15, 0.2) is 89.5 Å². The van der Waals surface area contributed by atoms with Crippen molar-refractivity contribution >= 4 is 29.1 Å². The molecule has 0 radical (unpaired) electrons. The van der Waals surface area contributed by atoms with Crippen LogP contribution in [0.2, 0.25) is 0 Å². The van der Waals surface area contributed by atoms with Crippen LogP contribution in [0.3, 0.4) is 0 Å². The van der Waals surface area contributed by atoms with Crippen molar-refractivity contribution < 1.29 is 18.8 Å². The summed E-state index contributed by atoms with van der Waals surface area (Å²) in [5.41, 5.74) is 2.06. The van der Waals surface area contributed by atoms with E-state index in [0.717, 1.165) is 11.3 Å². The fourth-order valence-electron chi connectivity index (χ4n) is 4.62. The molecule has 3 amide bonds. The number of benzene rings is 2. The van der Waals surface area contributed by atoms with E-state index >= 15 is 0 Å². The Morgan fingerprint density at radius 2 is 1.67 bits per heavy atom. The molecule has 0 saturated carbocycles. The van der Waals surface area contributed by atoms with Crippen LogP contribution in [-0.2, 0) is 22.7 Å². The van der Waals surface area contributed by atoms with Gasteiger partial charge in [0.15, 0.2) is 0 Å². The van der Waals surface area contributed by atoms with Gasteiger partial charge < -0.3 is 19.6 Å². The summed E-state index contributed by atoms with van der Waals surface area (Å²) >= 11 is 0. The third-order valence-electron chi connectivity index (χ3n) is 6.37. The van der Waals surface area contributed by atoms with E-state index in [-0.39, 0.29) is 24.3 Å². The highest BCUT2D eigenvalue weighted by molar-refractivity contribution is 6.12. The van der Waals surface area contributed by atoms with E-state index in [4.69, 9.17) is 4.42 Å². The van der Waals surface area contributed by atoms with Gasteiger partial charge in [0, 0.05) is 24.8 Å². The zero-order valence-corrected chi connectivity index (χ0v) is 20.0. The predicted octanol–water partition coefficient (Wildman–Crippen LogP) is 4.44. The Balaban J connectivity index is 1.54. The minimum Gasteiger partial charge on any atom is -0.463 e. The maximum absolute atomic E-state index is 13.9. The molecule has 0 aliphatic carbocycles. The van der Waals surface area contributed by atoms with Crippen LogP contribution in [0.5, 0.6) is 0 Å². The second-order valence-electron chi connectivity index (χ2n) is 8.98. The Morgan fingerprint density at radius 1 is 0.944 bits per heavy atom. The lowest BCUT2D eigenvalue weighted by Gasteiger charge is -2.44. The summed E-state index contributed by atoms with van der Waals surface area (Å²) in [7, 11) is 0. The van der Waals surface area contributed by atoms with Crippen molar-refractivity contribution in [3.63, 3.8) is 0 Å². The number of hydrogen-bond acceptors (Lipinski definition) is 4. The first-order valence-electron chi connectivity index (χ1n) is 11.6. The lowest BCUT2D eigenvalue weighted by molar-refractivity contribution is -0.126. The topological polar surface area (TPSA) is 96.6 Å². The van der Waals surface area contributed by atoms with Crippen molar-refractivity contribution in [3.05, 3.63) is 96.4 Å². The van der Waals surface area contributed by atoms with Gasteiger partial charge >= 0.3 is 0 Å². The molecule has 182 valence electrons. The van der Waals surface area contributed by atoms with Crippen LogP contribution in [0, 0.1) is 0 Å². The summed E-state index contributed by atoms with van der Waals surface area (Å²) in [4.78, 5) is 40.6. The van der Waals surface area contributed by atoms with Crippen LogP contribution in [0.1, 0.15) is 29.9 Å². The Bertz CT molecular complexity index is 1410. The maximum atomic E-state index is 13.9. The van der Waals surface area contributed by atoms with Gasteiger partial charge in [-0.1, -0.05) is 30.3 Å². The lowest BCUT2D eigenvalue weighted by Crippen LogP contribution is -2.64. The molecule has 0 fully saturated rings. The molecule has 0 bridgehead atoms. The van der Waals surface area contributed by atoms with Gasteiger partial charge in [-0.15, -0.1) is 0 Å². The number of rotatable bonds is 6. The Morgan fingerprint density at radius 3 is 2.33 bits per heavy atom. The number of carbonyl (C=O) groups excluding carboxylic acids is 3. The molecule has 2 N–H and O–H groups in total. The Hall–Kier alpha value is -4.59. The molecule has 8 nitrogen and oxygen atoms in total. The summed E-state index contributed by atoms with van der Waals surface area (Å²) in [6.45, 7) is 3.76. The van der Waals surface area contributed by atoms with E-state index in [2.05, 4.69) is 10.6 Å². The molecule has 4 aromatic rings. The number of nitrogens with zero attached hydrogens (tertiary/aromatic N) is 2. The molecule has 5 rings (SSSR count). The second kappa shape index (κ2) is 9.22. The van der Waals surface area contributed by atoms with E-state index in [1.807, 2.05) is 47.0 Å². The number of nitrogens with one attached hydrogen (secondary N) is 2. The highest BCUT2D eigenvalue weighted by atomic mass is 16.3. The number of anilines is 2. The minimum atomic E-state index is -1.24. The molecule has 1 aliphatic heterocycles. The number of aromatic nitrogens is 1. The number of carbonyl (C=O) groups is 3. The smallest absolute Gasteiger partial charge is 0.275 e. The first-order valence-corrected chi connectivity index (χ1v) is 11.6. The van der Waals surface area contributed by atoms with Crippen molar-refractivity contribution in [2.75, 3.05) is 10.2 Å². The number of hydrogen-bond donors (Lipinski definition) is 2. The van der Waals surface area contributed by atoms with Gasteiger partial charge in [0.05, 0.1) is 18.5 Å². The third-order valence-corrected chi connectivity index (χ3v) is 6.37. The zero-order chi connectivity index (χ0) is 25.3. The number of amides is 3. The van der Waals surface area contributed by atoms with Crippen molar-refractivity contribution in [3.8, 4) is 11.5 Å². The summed E-state index contributed by atoms with van der Waals surface area (Å²) in [5.74, 6) is -0.154. The minimum absolute atomic E-state index is 0.190. The van der Waals surface area contributed by atoms with Crippen LogP contribution >= 0.6 is 0 Å². The summed E-state index contributed by atoms with van der Waals surface area (Å²) in [6, 6.07) is 23.7. The Labute approximate surface area is 208 Å². The molecular weight excluding hydrogens is 456 g/mol. The van der Waals surface area contributed by atoms with E-state index < -0.39 is 5.54 Å². The van der Waals surface area contributed by atoms with E-state index in [1.165, 1.54) is 11.8 Å². The van der Waals surface area contributed by atoms with Gasteiger partial charge in [0.2, 0.25) is 11.8 Å². The standard InChI is InChI=1S/C28H26N4O4/c1-19(33)30-21-10-12-22(13-11-21)32-26(34)24-15-14-23(25-9-6-16-36-25)31(24)18-28(32,2)27(35)29-17-20-7-4-3-5-8-20/h3-16H,17-18H2,1-2H3,(H,29,35)(H,30,33). The summed E-state index contributed by atoms with van der Waals surface area (Å²) < 4.78 is 7.43. The molecule has 2 aromatic carbocycles. The van der Waals surface area contributed by atoms with Gasteiger partial charge in [-0.2, -0.15) is 0 Å². The largest absolute Gasteiger partial charge is 0.463 e. The first kappa shape index (κ1) is 23.2. The second-order valence-corrected chi connectivity index (χ2v) is 8.98. The lowest BCUT2D eigenvalue weighted by atomic mass is 9.93. The molecule has 1 unspecified atom stereocenters. The maximum Gasteiger partial charge on any atom is 0.275 e. The van der Waals surface area contributed by atoms with Gasteiger partial charge in [0.1, 0.15) is 17.0 Å². The molecule has 1 atom stereocenters. The average molecular weight is 483 g/mol. The van der Waals surface area contributed by atoms with E-state index in [9.17, 15) is 14.4 Å². The van der Waals surface area contributed by atoms with Gasteiger partial charge in [0.25, 0.3) is 5.91 Å².